The summed E-state index contributed by atoms with van der Waals surface area (Å²) in [5.41, 5.74) is 3.28. The Morgan fingerprint density at radius 2 is 1.82 bits per heavy atom. The number of para-hydroxylation sites is 1. The number of anilines is 2. The Morgan fingerprint density at radius 1 is 1.00 bits per heavy atom. The molecule has 0 saturated carbocycles. The highest BCUT2D eigenvalue weighted by atomic mass is 35.5. The lowest BCUT2D eigenvalue weighted by molar-refractivity contribution is 0.102. The highest BCUT2D eigenvalue weighted by Crippen LogP contribution is 2.18. The van der Waals surface area contributed by atoms with Crippen LogP contribution in [0.1, 0.15) is 16.1 Å². The lowest BCUT2D eigenvalue weighted by Gasteiger charge is -2.06. The molecule has 0 radical (unpaired) electrons. The summed E-state index contributed by atoms with van der Waals surface area (Å²) in [6, 6.07) is 18.5. The van der Waals surface area contributed by atoms with Gasteiger partial charge in [-0.3, -0.25) is 4.79 Å². The molecule has 0 unspecified atom stereocenters. The third kappa shape index (κ3) is 4.13. The van der Waals surface area contributed by atoms with Gasteiger partial charge in [0.1, 0.15) is 5.82 Å². The fourth-order valence-electron chi connectivity index (χ4n) is 2.94. The van der Waals surface area contributed by atoms with Crippen molar-refractivity contribution in [3.63, 3.8) is 0 Å². The molecule has 6 nitrogen and oxygen atoms in total. The van der Waals surface area contributed by atoms with Gasteiger partial charge in [-0.25, -0.2) is 0 Å². The minimum atomic E-state index is -0.319. The molecule has 0 fully saturated rings. The highest BCUT2D eigenvalue weighted by Gasteiger charge is 2.09. The van der Waals surface area contributed by atoms with E-state index in [0.717, 1.165) is 11.9 Å². The molecule has 0 aliphatic carbocycles. The molecule has 0 spiro atoms. The SMILES string of the molecule is O=C(Nc1ccc(Cl)cc1)c1ccc(NCCc2c[nH]c3ccccc23)nn1. The van der Waals surface area contributed by atoms with Crippen molar-refractivity contribution in [3.8, 4) is 0 Å². The molecule has 2 aromatic heterocycles. The Hall–Kier alpha value is -3.38. The largest absolute Gasteiger partial charge is 0.368 e. The topological polar surface area (TPSA) is 82.7 Å². The molecule has 0 bridgehead atoms. The summed E-state index contributed by atoms with van der Waals surface area (Å²) in [7, 11) is 0. The lowest BCUT2D eigenvalue weighted by Crippen LogP contribution is -2.15. The molecule has 0 aliphatic heterocycles. The average Bonchev–Trinajstić information content (AvgIpc) is 3.13. The Morgan fingerprint density at radius 3 is 2.61 bits per heavy atom. The maximum absolute atomic E-state index is 12.2. The van der Waals surface area contributed by atoms with Gasteiger partial charge >= 0.3 is 0 Å². The van der Waals surface area contributed by atoms with E-state index in [-0.39, 0.29) is 11.6 Å². The molecule has 2 heterocycles. The molecular weight excluding hydrogens is 374 g/mol. The first kappa shape index (κ1) is 18.0. The molecule has 0 atom stereocenters. The Bertz CT molecular complexity index is 1090. The smallest absolute Gasteiger partial charge is 0.276 e. The monoisotopic (exact) mass is 391 g/mol. The number of H-pyrrole nitrogens is 1. The number of hydrogen-bond donors (Lipinski definition) is 3. The van der Waals surface area contributed by atoms with E-state index in [1.165, 1.54) is 10.9 Å². The van der Waals surface area contributed by atoms with E-state index in [0.29, 0.717) is 23.1 Å². The first-order valence-electron chi connectivity index (χ1n) is 8.88. The van der Waals surface area contributed by atoms with E-state index < -0.39 is 0 Å². The second kappa shape index (κ2) is 8.10. The Kier molecular flexibility index (Phi) is 5.21. The molecule has 4 aromatic rings. The minimum Gasteiger partial charge on any atom is -0.368 e. The zero-order valence-corrected chi connectivity index (χ0v) is 15.7. The molecule has 28 heavy (non-hydrogen) atoms. The van der Waals surface area contributed by atoms with E-state index in [9.17, 15) is 4.79 Å². The number of carbonyl (C=O) groups is 1. The first-order valence-corrected chi connectivity index (χ1v) is 9.26. The minimum absolute atomic E-state index is 0.247. The Balaban J connectivity index is 1.33. The van der Waals surface area contributed by atoms with Crippen LogP contribution in [-0.2, 0) is 6.42 Å². The van der Waals surface area contributed by atoms with Crippen molar-refractivity contribution in [2.24, 2.45) is 0 Å². The zero-order valence-electron chi connectivity index (χ0n) is 14.9. The number of rotatable bonds is 6. The number of aromatic nitrogens is 3. The summed E-state index contributed by atoms with van der Waals surface area (Å²) in [6.07, 6.45) is 2.88. The van der Waals surface area contributed by atoms with Gasteiger partial charge in [0.05, 0.1) is 0 Å². The van der Waals surface area contributed by atoms with Gasteiger partial charge < -0.3 is 15.6 Å². The number of benzene rings is 2. The Labute approximate surface area is 167 Å². The van der Waals surface area contributed by atoms with Crippen LogP contribution in [0.5, 0.6) is 0 Å². The van der Waals surface area contributed by atoms with Gasteiger partial charge in [0, 0.05) is 34.4 Å². The van der Waals surface area contributed by atoms with Crippen LogP contribution in [0.25, 0.3) is 10.9 Å². The summed E-state index contributed by atoms with van der Waals surface area (Å²) in [6.45, 7) is 0.715. The number of nitrogens with one attached hydrogen (secondary N) is 3. The number of halogens is 1. The van der Waals surface area contributed by atoms with Crippen molar-refractivity contribution in [1.82, 2.24) is 15.2 Å². The third-order valence-electron chi connectivity index (χ3n) is 4.37. The summed E-state index contributed by atoms with van der Waals surface area (Å²) in [4.78, 5) is 15.5. The van der Waals surface area contributed by atoms with Crippen molar-refractivity contribution in [3.05, 3.63) is 83.1 Å². The van der Waals surface area contributed by atoms with Crippen LogP contribution in [0, 0.1) is 0 Å². The first-order chi connectivity index (χ1) is 13.7. The van der Waals surface area contributed by atoms with Crippen molar-refractivity contribution < 1.29 is 4.79 Å². The van der Waals surface area contributed by atoms with Crippen LogP contribution in [0.3, 0.4) is 0 Å². The molecule has 1 amide bonds. The fourth-order valence-corrected chi connectivity index (χ4v) is 3.07. The fraction of sp³-hybridized carbons (Fsp3) is 0.0952. The number of fused-ring (bicyclic) bond motifs is 1. The van der Waals surface area contributed by atoms with Crippen LogP contribution in [0.15, 0.2) is 66.9 Å². The van der Waals surface area contributed by atoms with Crippen LogP contribution in [0.2, 0.25) is 5.02 Å². The van der Waals surface area contributed by atoms with E-state index in [4.69, 9.17) is 11.6 Å². The second-order valence-electron chi connectivity index (χ2n) is 6.30. The normalized spacial score (nSPS) is 10.8. The van der Waals surface area contributed by atoms with Crippen LogP contribution in [-0.4, -0.2) is 27.6 Å². The van der Waals surface area contributed by atoms with Crippen molar-refractivity contribution in [2.45, 2.75) is 6.42 Å². The predicted molar refractivity (Wildman–Crippen MR) is 112 cm³/mol. The second-order valence-corrected chi connectivity index (χ2v) is 6.74. The van der Waals surface area contributed by atoms with Gasteiger partial charge in [0.25, 0.3) is 5.91 Å². The number of amides is 1. The third-order valence-corrected chi connectivity index (χ3v) is 4.63. The average molecular weight is 392 g/mol. The van der Waals surface area contributed by atoms with Gasteiger partial charge in [0.15, 0.2) is 5.69 Å². The number of hydrogen-bond acceptors (Lipinski definition) is 4. The maximum atomic E-state index is 12.2. The molecule has 3 N–H and O–H groups in total. The quantitative estimate of drug-likeness (QED) is 0.451. The van der Waals surface area contributed by atoms with Crippen molar-refractivity contribution >= 4 is 39.9 Å². The van der Waals surface area contributed by atoms with Crippen molar-refractivity contribution in [1.29, 1.82) is 0 Å². The van der Waals surface area contributed by atoms with Crippen LogP contribution in [0.4, 0.5) is 11.5 Å². The summed E-state index contributed by atoms with van der Waals surface area (Å²) < 4.78 is 0. The number of carbonyl (C=O) groups excluding carboxylic acids is 1. The molecule has 4 rings (SSSR count). The molecule has 7 heteroatoms. The van der Waals surface area contributed by atoms with E-state index >= 15 is 0 Å². The maximum Gasteiger partial charge on any atom is 0.276 e. The van der Waals surface area contributed by atoms with Crippen molar-refractivity contribution in [2.75, 3.05) is 17.2 Å². The van der Waals surface area contributed by atoms with Gasteiger partial charge in [-0.2, -0.15) is 0 Å². The summed E-state index contributed by atoms with van der Waals surface area (Å²) in [5, 5.41) is 15.9. The number of nitrogens with zero attached hydrogens (tertiary/aromatic N) is 2. The van der Waals surface area contributed by atoms with Gasteiger partial charge in [-0.1, -0.05) is 29.8 Å². The van der Waals surface area contributed by atoms with Crippen LogP contribution >= 0.6 is 11.6 Å². The zero-order chi connectivity index (χ0) is 19.3. The molecule has 140 valence electrons. The summed E-state index contributed by atoms with van der Waals surface area (Å²) in [5.74, 6) is 0.308. The van der Waals surface area contributed by atoms with E-state index in [1.807, 2.05) is 18.3 Å². The molecule has 0 saturated heterocycles. The lowest BCUT2D eigenvalue weighted by atomic mass is 10.1. The molecular formula is C21H18ClN5O. The van der Waals surface area contributed by atoms with E-state index in [1.54, 1.807) is 36.4 Å². The molecule has 0 aliphatic rings. The number of aromatic amines is 1. The standard InChI is InChI=1S/C21H18ClN5O/c22-15-5-7-16(8-6-15)25-21(28)19-9-10-20(27-26-19)23-12-11-14-13-24-18-4-2-1-3-17(14)18/h1-10,13,24H,11-12H2,(H,23,27)(H,25,28). The van der Waals surface area contributed by atoms with Crippen LogP contribution < -0.4 is 10.6 Å². The van der Waals surface area contributed by atoms with Gasteiger partial charge in [-0.15, -0.1) is 10.2 Å². The summed E-state index contributed by atoms with van der Waals surface area (Å²) >= 11 is 5.84. The van der Waals surface area contributed by atoms with E-state index in [2.05, 4.69) is 37.9 Å². The van der Waals surface area contributed by atoms with Gasteiger partial charge in [0.2, 0.25) is 0 Å². The highest BCUT2D eigenvalue weighted by molar-refractivity contribution is 6.30. The predicted octanol–water partition coefficient (Wildman–Crippen LogP) is 4.52. The van der Waals surface area contributed by atoms with Gasteiger partial charge in [-0.05, 0) is 54.4 Å². The molecule has 2 aromatic carbocycles.